The van der Waals surface area contributed by atoms with Gasteiger partial charge in [0.25, 0.3) is 0 Å². The summed E-state index contributed by atoms with van der Waals surface area (Å²) >= 11 is 0. The smallest absolute Gasteiger partial charge is 0.307 e. The standard InChI is InChI=1S/C13H16N2O3/c14-10-6-1-2-7-11(10)15-12(16)8-4-3-5-9(8)13(17)18/h1-2,6-9H,3-5,14H2,(H,15,16)(H,17,18). The van der Waals surface area contributed by atoms with Gasteiger partial charge in [0.05, 0.1) is 23.2 Å². The molecule has 0 heterocycles. The molecule has 1 amide bonds. The van der Waals surface area contributed by atoms with Crippen LogP contribution in [0.1, 0.15) is 19.3 Å². The lowest BCUT2D eigenvalue weighted by Crippen LogP contribution is -2.30. The second kappa shape index (κ2) is 5.08. The zero-order valence-corrected chi connectivity index (χ0v) is 9.93. The number of para-hydroxylation sites is 2. The molecule has 1 aliphatic rings. The summed E-state index contributed by atoms with van der Waals surface area (Å²) in [5.41, 5.74) is 6.75. The van der Waals surface area contributed by atoms with Gasteiger partial charge in [-0.3, -0.25) is 9.59 Å². The molecule has 1 aromatic rings. The van der Waals surface area contributed by atoms with Crippen molar-refractivity contribution in [2.45, 2.75) is 19.3 Å². The lowest BCUT2D eigenvalue weighted by molar-refractivity contribution is -0.145. The summed E-state index contributed by atoms with van der Waals surface area (Å²) in [6, 6.07) is 6.95. The van der Waals surface area contributed by atoms with Crippen LogP contribution in [0.2, 0.25) is 0 Å². The number of amides is 1. The van der Waals surface area contributed by atoms with Gasteiger partial charge in [0.1, 0.15) is 0 Å². The summed E-state index contributed by atoms with van der Waals surface area (Å²) in [7, 11) is 0. The summed E-state index contributed by atoms with van der Waals surface area (Å²) in [6.45, 7) is 0. The Morgan fingerprint density at radius 3 is 2.56 bits per heavy atom. The van der Waals surface area contributed by atoms with Gasteiger partial charge >= 0.3 is 5.97 Å². The van der Waals surface area contributed by atoms with Gasteiger partial charge in [-0.05, 0) is 25.0 Å². The fourth-order valence-electron chi connectivity index (χ4n) is 2.41. The Labute approximate surface area is 105 Å². The van der Waals surface area contributed by atoms with E-state index >= 15 is 0 Å². The van der Waals surface area contributed by atoms with Crippen molar-refractivity contribution in [1.82, 2.24) is 0 Å². The van der Waals surface area contributed by atoms with E-state index in [2.05, 4.69) is 5.32 Å². The highest BCUT2D eigenvalue weighted by molar-refractivity contribution is 5.97. The Bertz CT molecular complexity index is 473. The Balaban J connectivity index is 2.08. The predicted octanol–water partition coefficient (Wildman–Crippen LogP) is 1.71. The van der Waals surface area contributed by atoms with Crippen molar-refractivity contribution in [1.29, 1.82) is 0 Å². The first kappa shape index (κ1) is 12.4. The number of benzene rings is 1. The lowest BCUT2D eigenvalue weighted by Gasteiger charge is -2.16. The number of hydrogen-bond acceptors (Lipinski definition) is 3. The molecule has 0 saturated heterocycles. The molecule has 2 rings (SSSR count). The molecule has 1 saturated carbocycles. The maximum absolute atomic E-state index is 12.1. The van der Waals surface area contributed by atoms with Gasteiger partial charge in [-0.25, -0.2) is 0 Å². The maximum Gasteiger partial charge on any atom is 0.307 e. The first-order valence-electron chi connectivity index (χ1n) is 5.98. The molecule has 4 N–H and O–H groups in total. The molecule has 2 unspecified atom stereocenters. The van der Waals surface area contributed by atoms with Crippen LogP contribution in [0.15, 0.2) is 24.3 Å². The fourth-order valence-corrected chi connectivity index (χ4v) is 2.41. The molecular weight excluding hydrogens is 232 g/mol. The molecule has 1 fully saturated rings. The van der Waals surface area contributed by atoms with Crippen LogP contribution >= 0.6 is 0 Å². The van der Waals surface area contributed by atoms with Crippen LogP contribution in [0, 0.1) is 11.8 Å². The van der Waals surface area contributed by atoms with E-state index < -0.39 is 17.8 Å². The van der Waals surface area contributed by atoms with Crippen molar-refractivity contribution in [2.24, 2.45) is 11.8 Å². The number of aliphatic carboxylic acids is 1. The quantitative estimate of drug-likeness (QED) is 0.710. The van der Waals surface area contributed by atoms with E-state index in [9.17, 15) is 9.59 Å². The number of rotatable bonds is 3. The zero-order chi connectivity index (χ0) is 13.1. The summed E-state index contributed by atoms with van der Waals surface area (Å²) in [4.78, 5) is 23.1. The Hall–Kier alpha value is -2.04. The molecule has 5 heteroatoms. The van der Waals surface area contributed by atoms with E-state index in [1.54, 1.807) is 24.3 Å². The van der Waals surface area contributed by atoms with Gasteiger partial charge in [0, 0.05) is 0 Å². The lowest BCUT2D eigenvalue weighted by atomic mass is 9.95. The minimum Gasteiger partial charge on any atom is -0.481 e. The van der Waals surface area contributed by atoms with Gasteiger partial charge in [-0.15, -0.1) is 0 Å². The largest absolute Gasteiger partial charge is 0.481 e. The van der Waals surface area contributed by atoms with Crippen LogP contribution in [0.3, 0.4) is 0 Å². The molecule has 96 valence electrons. The van der Waals surface area contributed by atoms with E-state index in [1.165, 1.54) is 0 Å². The topological polar surface area (TPSA) is 92.4 Å². The molecule has 1 aromatic carbocycles. The minimum absolute atomic E-state index is 0.252. The van der Waals surface area contributed by atoms with Gasteiger partial charge in [-0.2, -0.15) is 0 Å². The molecular formula is C13H16N2O3. The van der Waals surface area contributed by atoms with Gasteiger partial charge in [0.2, 0.25) is 5.91 Å². The van der Waals surface area contributed by atoms with Crippen molar-refractivity contribution >= 4 is 23.3 Å². The second-order valence-electron chi connectivity index (χ2n) is 4.56. The highest BCUT2D eigenvalue weighted by atomic mass is 16.4. The number of nitrogens with two attached hydrogens (primary N) is 1. The van der Waals surface area contributed by atoms with E-state index in [0.29, 0.717) is 24.2 Å². The number of carbonyl (C=O) groups excluding carboxylic acids is 1. The molecule has 2 atom stereocenters. The predicted molar refractivity (Wildman–Crippen MR) is 68.0 cm³/mol. The third-order valence-electron chi connectivity index (χ3n) is 3.39. The van der Waals surface area contributed by atoms with Crippen LogP contribution in [0.25, 0.3) is 0 Å². The fraction of sp³-hybridized carbons (Fsp3) is 0.385. The third-order valence-corrected chi connectivity index (χ3v) is 3.39. The van der Waals surface area contributed by atoms with E-state index in [0.717, 1.165) is 6.42 Å². The summed E-state index contributed by atoms with van der Waals surface area (Å²) < 4.78 is 0. The number of hydrogen-bond donors (Lipinski definition) is 3. The molecule has 0 spiro atoms. The van der Waals surface area contributed by atoms with Crippen molar-refractivity contribution in [2.75, 3.05) is 11.1 Å². The molecule has 18 heavy (non-hydrogen) atoms. The molecule has 1 aliphatic carbocycles. The second-order valence-corrected chi connectivity index (χ2v) is 4.56. The van der Waals surface area contributed by atoms with Crippen molar-refractivity contribution in [3.05, 3.63) is 24.3 Å². The number of carboxylic acid groups (broad SMARTS) is 1. The normalized spacial score (nSPS) is 22.7. The number of nitrogen functional groups attached to an aromatic ring is 1. The Morgan fingerprint density at radius 1 is 1.22 bits per heavy atom. The van der Waals surface area contributed by atoms with Crippen molar-refractivity contribution in [3.63, 3.8) is 0 Å². The maximum atomic E-state index is 12.1. The molecule has 0 bridgehead atoms. The summed E-state index contributed by atoms with van der Waals surface area (Å²) in [5.74, 6) is -2.18. The zero-order valence-electron chi connectivity index (χ0n) is 9.93. The van der Waals surface area contributed by atoms with Crippen LogP contribution in [-0.2, 0) is 9.59 Å². The van der Waals surface area contributed by atoms with Crippen LogP contribution < -0.4 is 11.1 Å². The average molecular weight is 248 g/mol. The third kappa shape index (κ3) is 2.45. The Morgan fingerprint density at radius 2 is 1.89 bits per heavy atom. The van der Waals surface area contributed by atoms with Gasteiger partial charge in [-0.1, -0.05) is 18.6 Å². The summed E-state index contributed by atoms with van der Waals surface area (Å²) in [6.07, 6.45) is 1.96. The first-order valence-corrected chi connectivity index (χ1v) is 5.98. The van der Waals surface area contributed by atoms with Crippen LogP contribution in [0.5, 0.6) is 0 Å². The van der Waals surface area contributed by atoms with E-state index in [-0.39, 0.29) is 5.91 Å². The van der Waals surface area contributed by atoms with Crippen LogP contribution in [0.4, 0.5) is 11.4 Å². The summed E-state index contributed by atoms with van der Waals surface area (Å²) in [5, 5.41) is 11.8. The highest BCUT2D eigenvalue weighted by Crippen LogP contribution is 2.33. The van der Waals surface area contributed by atoms with Gasteiger partial charge < -0.3 is 16.2 Å². The number of carbonyl (C=O) groups is 2. The SMILES string of the molecule is Nc1ccccc1NC(=O)C1CCCC1C(=O)O. The average Bonchev–Trinajstić information content (AvgIpc) is 2.81. The van der Waals surface area contributed by atoms with Crippen LogP contribution in [-0.4, -0.2) is 17.0 Å². The Kier molecular flexibility index (Phi) is 3.50. The highest BCUT2D eigenvalue weighted by Gasteiger charge is 2.37. The molecule has 0 aliphatic heterocycles. The molecule has 0 aromatic heterocycles. The van der Waals surface area contributed by atoms with Crippen molar-refractivity contribution < 1.29 is 14.7 Å². The van der Waals surface area contributed by atoms with Crippen molar-refractivity contribution in [3.8, 4) is 0 Å². The van der Waals surface area contributed by atoms with E-state index in [1.807, 2.05) is 0 Å². The van der Waals surface area contributed by atoms with Gasteiger partial charge in [0.15, 0.2) is 0 Å². The number of nitrogens with one attached hydrogen (secondary N) is 1. The number of anilines is 2. The van der Waals surface area contributed by atoms with E-state index in [4.69, 9.17) is 10.8 Å². The number of carboxylic acids is 1. The molecule has 0 radical (unpaired) electrons. The molecule has 5 nitrogen and oxygen atoms in total. The monoisotopic (exact) mass is 248 g/mol. The first-order chi connectivity index (χ1) is 8.59. The minimum atomic E-state index is -0.895.